The highest BCUT2D eigenvalue weighted by Crippen LogP contribution is 2.49. The molecule has 1 amide bonds. The van der Waals surface area contributed by atoms with E-state index in [2.05, 4.69) is 4.90 Å². The molecule has 1 saturated carbocycles. The quantitative estimate of drug-likeness (QED) is 0.830. The fourth-order valence-corrected chi connectivity index (χ4v) is 3.95. The van der Waals surface area contributed by atoms with Crippen molar-refractivity contribution >= 4 is 23.2 Å². The predicted molar refractivity (Wildman–Crippen MR) is 97.5 cm³/mol. The van der Waals surface area contributed by atoms with Crippen LogP contribution in [0.5, 0.6) is 0 Å². The Kier molecular flexibility index (Phi) is 4.38. The van der Waals surface area contributed by atoms with Gasteiger partial charge in [-0.1, -0.05) is 41.9 Å². The van der Waals surface area contributed by atoms with Crippen molar-refractivity contribution in [2.45, 2.75) is 12.3 Å². The van der Waals surface area contributed by atoms with Crippen LogP contribution in [0.1, 0.15) is 17.9 Å². The number of benzene rings is 2. The van der Waals surface area contributed by atoms with E-state index in [1.807, 2.05) is 35.2 Å². The fraction of sp³-hybridized carbons (Fsp3) is 0.350. The Morgan fingerprint density at radius 1 is 1.00 bits per heavy atom. The molecule has 2 fully saturated rings. The maximum atomic E-state index is 13.9. The Morgan fingerprint density at radius 3 is 2.40 bits per heavy atom. The van der Waals surface area contributed by atoms with Crippen molar-refractivity contribution in [2.75, 3.05) is 31.1 Å². The Hall–Kier alpha value is -2.07. The lowest BCUT2D eigenvalue weighted by atomic mass is 10.1. The molecule has 1 aliphatic carbocycles. The third-order valence-corrected chi connectivity index (χ3v) is 5.52. The third-order valence-electron chi connectivity index (χ3n) is 5.20. The lowest BCUT2D eigenvalue weighted by Gasteiger charge is -2.36. The van der Waals surface area contributed by atoms with E-state index < -0.39 is 0 Å². The largest absolute Gasteiger partial charge is 0.367 e. The molecule has 3 nitrogen and oxygen atoms in total. The van der Waals surface area contributed by atoms with E-state index in [0.717, 1.165) is 30.2 Å². The fourth-order valence-electron chi connectivity index (χ4n) is 3.70. The van der Waals surface area contributed by atoms with Gasteiger partial charge in [0.05, 0.1) is 10.7 Å². The molecular formula is C20H20ClFN2O. The van der Waals surface area contributed by atoms with Gasteiger partial charge in [-0.25, -0.2) is 4.39 Å². The topological polar surface area (TPSA) is 23.6 Å². The van der Waals surface area contributed by atoms with E-state index >= 15 is 0 Å². The Labute approximate surface area is 152 Å². The van der Waals surface area contributed by atoms with Gasteiger partial charge in [-0.05, 0) is 36.1 Å². The first-order valence-corrected chi connectivity index (χ1v) is 9.05. The van der Waals surface area contributed by atoms with Crippen LogP contribution < -0.4 is 4.90 Å². The van der Waals surface area contributed by atoms with Crippen molar-refractivity contribution in [3.05, 3.63) is 64.9 Å². The van der Waals surface area contributed by atoms with E-state index in [9.17, 15) is 9.18 Å². The highest BCUT2D eigenvalue weighted by atomic mass is 35.5. The summed E-state index contributed by atoms with van der Waals surface area (Å²) in [6, 6.07) is 14.6. The van der Waals surface area contributed by atoms with Gasteiger partial charge in [0.25, 0.3) is 0 Å². The van der Waals surface area contributed by atoms with Gasteiger partial charge >= 0.3 is 0 Å². The van der Waals surface area contributed by atoms with Gasteiger partial charge in [-0.3, -0.25) is 4.79 Å². The number of para-hydroxylation sites is 1. The summed E-state index contributed by atoms with van der Waals surface area (Å²) in [5.74, 6) is -0.0718. The minimum absolute atomic E-state index is 0.0373. The average molecular weight is 359 g/mol. The zero-order valence-corrected chi connectivity index (χ0v) is 14.6. The smallest absolute Gasteiger partial charge is 0.226 e. The summed E-state index contributed by atoms with van der Waals surface area (Å²) in [5, 5.41) is 0.740. The summed E-state index contributed by atoms with van der Waals surface area (Å²) in [7, 11) is 0. The van der Waals surface area contributed by atoms with Crippen LogP contribution >= 0.6 is 11.6 Å². The standard InChI is InChI=1S/C20H20ClFN2O/c21-17-6-2-4-8-19(17)23-9-11-24(12-10-23)20(25)16-13-15(16)14-5-1-3-7-18(14)22/h1-8,15-16H,9-13H2. The second-order valence-corrected chi connectivity index (χ2v) is 7.14. The van der Waals surface area contributed by atoms with Crippen molar-refractivity contribution in [2.24, 2.45) is 5.92 Å². The molecule has 0 aromatic heterocycles. The molecule has 0 bridgehead atoms. The normalized spacial score (nSPS) is 22.8. The van der Waals surface area contributed by atoms with Gasteiger partial charge in [-0.2, -0.15) is 0 Å². The maximum absolute atomic E-state index is 13.9. The summed E-state index contributed by atoms with van der Waals surface area (Å²) >= 11 is 6.26. The van der Waals surface area contributed by atoms with E-state index in [0.29, 0.717) is 18.7 Å². The van der Waals surface area contributed by atoms with Crippen molar-refractivity contribution in [3.8, 4) is 0 Å². The first kappa shape index (κ1) is 16.4. The predicted octanol–water partition coefficient (Wildman–Crippen LogP) is 3.93. The van der Waals surface area contributed by atoms with Crippen LogP contribution in [0.3, 0.4) is 0 Å². The number of carbonyl (C=O) groups excluding carboxylic acids is 1. The van der Waals surface area contributed by atoms with Gasteiger partial charge in [0.1, 0.15) is 5.82 Å². The van der Waals surface area contributed by atoms with Crippen LogP contribution in [-0.4, -0.2) is 37.0 Å². The molecule has 2 atom stereocenters. The van der Waals surface area contributed by atoms with Gasteiger partial charge in [0.2, 0.25) is 5.91 Å². The number of rotatable bonds is 3. The molecule has 0 N–H and O–H groups in total. The number of halogens is 2. The molecule has 1 heterocycles. The molecule has 2 aliphatic rings. The SMILES string of the molecule is O=C(C1CC1c1ccccc1F)N1CCN(c2ccccc2Cl)CC1. The van der Waals surface area contributed by atoms with E-state index in [1.54, 1.807) is 12.1 Å². The number of hydrogen-bond acceptors (Lipinski definition) is 2. The lowest BCUT2D eigenvalue weighted by molar-refractivity contribution is -0.132. The first-order valence-electron chi connectivity index (χ1n) is 8.68. The van der Waals surface area contributed by atoms with Crippen LogP contribution in [0, 0.1) is 11.7 Å². The summed E-state index contributed by atoms with van der Waals surface area (Å²) in [5.41, 5.74) is 1.70. The number of amides is 1. The van der Waals surface area contributed by atoms with Gasteiger partial charge in [-0.15, -0.1) is 0 Å². The highest BCUT2D eigenvalue weighted by molar-refractivity contribution is 6.33. The third kappa shape index (κ3) is 3.23. The van der Waals surface area contributed by atoms with Gasteiger partial charge < -0.3 is 9.80 Å². The molecule has 0 radical (unpaired) electrons. The number of hydrogen-bond donors (Lipinski definition) is 0. The molecule has 1 aliphatic heterocycles. The number of carbonyl (C=O) groups is 1. The van der Waals surface area contributed by atoms with Crippen LogP contribution in [0.15, 0.2) is 48.5 Å². The molecular weight excluding hydrogens is 339 g/mol. The van der Waals surface area contributed by atoms with Crippen LogP contribution in [0.2, 0.25) is 5.02 Å². The molecule has 4 rings (SSSR count). The Balaban J connectivity index is 1.37. The van der Waals surface area contributed by atoms with Crippen molar-refractivity contribution < 1.29 is 9.18 Å². The summed E-state index contributed by atoms with van der Waals surface area (Å²) in [6.07, 6.45) is 0.754. The Morgan fingerprint density at radius 2 is 1.68 bits per heavy atom. The van der Waals surface area contributed by atoms with E-state index in [4.69, 9.17) is 11.6 Å². The van der Waals surface area contributed by atoms with Gasteiger partial charge in [0.15, 0.2) is 0 Å². The molecule has 130 valence electrons. The zero-order valence-electron chi connectivity index (χ0n) is 13.9. The van der Waals surface area contributed by atoms with Crippen LogP contribution in [-0.2, 0) is 4.79 Å². The first-order chi connectivity index (χ1) is 12.1. The van der Waals surface area contributed by atoms with Crippen molar-refractivity contribution in [1.82, 2.24) is 4.90 Å². The minimum Gasteiger partial charge on any atom is -0.367 e. The molecule has 2 unspecified atom stereocenters. The maximum Gasteiger partial charge on any atom is 0.226 e. The summed E-state index contributed by atoms with van der Waals surface area (Å²) < 4.78 is 13.9. The van der Waals surface area contributed by atoms with E-state index in [1.165, 1.54) is 6.07 Å². The molecule has 0 spiro atoms. The minimum atomic E-state index is -0.202. The second kappa shape index (κ2) is 6.68. The molecule has 1 saturated heterocycles. The number of nitrogens with zero attached hydrogens (tertiary/aromatic N) is 2. The number of piperazine rings is 1. The molecule has 25 heavy (non-hydrogen) atoms. The number of anilines is 1. The molecule has 2 aromatic rings. The Bertz CT molecular complexity index is 789. The van der Waals surface area contributed by atoms with Crippen molar-refractivity contribution in [3.63, 3.8) is 0 Å². The summed E-state index contributed by atoms with van der Waals surface area (Å²) in [6.45, 7) is 2.91. The van der Waals surface area contributed by atoms with Gasteiger partial charge in [0, 0.05) is 32.1 Å². The second-order valence-electron chi connectivity index (χ2n) is 6.73. The summed E-state index contributed by atoms with van der Waals surface area (Å²) in [4.78, 5) is 16.9. The molecule has 5 heteroatoms. The average Bonchev–Trinajstić information content (AvgIpc) is 3.43. The highest BCUT2D eigenvalue weighted by Gasteiger charge is 2.47. The monoisotopic (exact) mass is 358 g/mol. The van der Waals surface area contributed by atoms with Crippen LogP contribution in [0.25, 0.3) is 0 Å². The van der Waals surface area contributed by atoms with E-state index in [-0.39, 0.29) is 23.6 Å². The van der Waals surface area contributed by atoms with Crippen LogP contribution in [0.4, 0.5) is 10.1 Å². The van der Waals surface area contributed by atoms with Crippen molar-refractivity contribution in [1.29, 1.82) is 0 Å². The lowest BCUT2D eigenvalue weighted by Crippen LogP contribution is -2.49. The molecule has 2 aromatic carbocycles. The zero-order chi connectivity index (χ0) is 17.4.